The summed E-state index contributed by atoms with van der Waals surface area (Å²) >= 11 is 0. The number of ether oxygens (including phenoxy) is 1. The van der Waals surface area contributed by atoms with Crippen molar-refractivity contribution in [2.24, 2.45) is 11.8 Å². The maximum Gasteiger partial charge on any atom is 0.333 e. The summed E-state index contributed by atoms with van der Waals surface area (Å²) in [6.45, 7) is 5.26. The van der Waals surface area contributed by atoms with E-state index in [-0.39, 0.29) is 31.8 Å². The number of aliphatic hydroxyl groups is 1. The Balaban J connectivity index is 1.83. The molecule has 4 heteroatoms. The average molecular weight is 362 g/mol. The highest BCUT2D eigenvalue weighted by Gasteiger charge is 2.28. The lowest BCUT2D eigenvalue weighted by Gasteiger charge is -2.33. The van der Waals surface area contributed by atoms with E-state index in [4.69, 9.17) is 4.74 Å². The monoisotopic (exact) mass is 362 g/mol. The van der Waals surface area contributed by atoms with E-state index >= 15 is 0 Å². The molecule has 1 saturated carbocycles. The molecular weight excluding hydrogens is 331 g/mol. The first-order chi connectivity index (χ1) is 12.5. The lowest BCUT2D eigenvalue weighted by atomic mass is 9.74. The second-order valence-electron chi connectivity index (χ2n) is 7.47. The first-order valence-electron chi connectivity index (χ1n) is 9.63. The predicted molar refractivity (Wildman–Crippen MR) is 102 cm³/mol. The van der Waals surface area contributed by atoms with Gasteiger partial charge in [0.2, 0.25) is 0 Å². The maximum absolute atomic E-state index is 12.3. The third kappa shape index (κ3) is 5.94. The van der Waals surface area contributed by atoms with Crippen LogP contribution >= 0.6 is 0 Å². The normalized spacial score (nSPS) is 21.2. The Hall–Kier alpha value is -1.68. The van der Waals surface area contributed by atoms with E-state index in [1.807, 2.05) is 0 Å². The standard InChI is InChI=1S/C22H31FO3/c1-16(2)22(25)26-15-21(14-24)20-11-9-19(10-12-20)18-7-5-17(6-8-18)4-3-13-23/h5-8,19-21,24H,1,3-4,9-15H2,2H3/t19?,20?,21-/m0/s1. The highest BCUT2D eigenvalue weighted by Crippen LogP contribution is 2.39. The van der Waals surface area contributed by atoms with Crippen LogP contribution in [0.15, 0.2) is 36.4 Å². The molecule has 1 aromatic rings. The highest BCUT2D eigenvalue weighted by atomic mass is 19.1. The van der Waals surface area contributed by atoms with Gasteiger partial charge < -0.3 is 9.84 Å². The molecule has 0 heterocycles. The fourth-order valence-electron chi connectivity index (χ4n) is 3.80. The number of alkyl halides is 1. The van der Waals surface area contributed by atoms with Gasteiger partial charge in [-0.1, -0.05) is 30.8 Å². The number of hydrogen-bond donors (Lipinski definition) is 1. The molecule has 0 aliphatic heterocycles. The van der Waals surface area contributed by atoms with Gasteiger partial charge in [0, 0.05) is 18.1 Å². The molecule has 1 N–H and O–H groups in total. The van der Waals surface area contributed by atoms with Crippen LogP contribution in [0.1, 0.15) is 56.1 Å². The molecule has 1 aliphatic rings. The summed E-state index contributed by atoms with van der Waals surface area (Å²) in [6, 6.07) is 8.59. The summed E-state index contributed by atoms with van der Waals surface area (Å²) in [5, 5.41) is 9.67. The predicted octanol–water partition coefficient (Wildman–Crippen LogP) is 4.59. The van der Waals surface area contributed by atoms with Gasteiger partial charge in [0.25, 0.3) is 0 Å². The molecule has 1 aromatic carbocycles. The van der Waals surface area contributed by atoms with Gasteiger partial charge in [0.15, 0.2) is 0 Å². The van der Waals surface area contributed by atoms with Crippen LogP contribution in [0.4, 0.5) is 4.39 Å². The van der Waals surface area contributed by atoms with Crippen LogP contribution in [0.25, 0.3) is 0 Å². The number of aryl methyl sites for hydroxylation is 1. The Morgan fingerprint density at radius 2 is 1.92 bits per heavy atom. The molecule has 0 spiro atoms. The Labute approximate surface area is 156 Å². The minimum atomic E-state index is -0.384. The Morgan fingerprint density at radius 1 is 1.27 bits per heavy atom. The minimum Gasteiger partial charge on any atom is -0.462 e. The van der Waals surface area contributed by atoms with Crippen LogP contribution in [0, 0.1) is 11.8 Å². The van der Waals surface area contributed by atoms with Crippen LogP contribution in [0.3, 0.4) is 0 Å². The lowest BCUT2D eigenvalue weighted by Crippen LogP contribution is -2.28. The van der Waals surface area contributed by atoms with Crippen molar-refractivity contribution in [1.82, 2.24) is 0 Å². The molecule has 144 valence electrons. The van der Waals surface area contributed by atoms with E-state index in [0.29, 0.717) is 23.8 Å². The lowest BCUT2D eigenvalue weighted by molar-refractivity contribution is -0.141. The van der Waals surface area contributed by atoms with E-state index < -0.39 is 0 Å². The molecule has 2 rings (SSSR count). The molecule has 0 saturated heterocycles. The third-order valence-corrected chi connectivity index (χ3v) is 5.50. The summed E-state index contributed by atoms with van der Waals surface area (Å²) in [5.41, 5.74) is 2.93. The van der Waals surface area contributed by atoms with Crippen molar-refractivity contribution in [3.63, 3.8) is 0 Å². The van der Waals surface area contributed by atoms with Crippen LogP contribution in [0.5, 0.6) is 0 Å². The van der Waals surface area contributed by atoms with Gasteiger partial charge in [-0.2, -0.15) is 0 Å². The van der Waals surface area contributed by atoms with E-state index in [9.17, 15) is 14.3 Å². The number of carbonyl (C=O) groups excluding carboxylic acids is 1. The van der Waals surface area contributed by atoms with Crippen molar-refractivity contribution in [3.05, 3.63) is 47.5 Å². The van der Waals surface area contributed by atoms with Crippen molar-refractivity contribution in [2.75, 3.05) is 19.9 Å². The van der Waals surface area contributed by atoms with Gasteiger partial charge >= 0.3 is 5.97 Å². The fourth-order valence-corrected chi connectivity index (χ4v) is 3.80. The highest BCUT2D eigenvalue weighted by molar-refractivity contribution is 5.86. The van der Waals surface area contributed by atoms with E-state index in [1.54, 1.807) is 6.92 Å². The molecular formula is C22H31FO3. The van der Waals surface area contributed by atoms with E-state index in [0.717, 1.165) is 32.1 Å². The summed E-state index contributed by atoms with van der Waals surface area (Å²) < 4.78 is 17.5. The van der Waals surface area contributed by atoms with Gasteiger partial charge in [0.1, 0.15) is 0 Å². The van der Waals surface area contributed by atoms with Gasteiger partial charge in [-0.05, 0) is 68.4 Å². The van der Waals surface area contributed by atoms with Crippen molar-refractivity contribution in [3.8, 4) is 0 Å². The van der Waals surface area contributed by atoms with Crippen LogP contribution < -0.4 is 0 Å². The minimum absolute atomic E-state index is 0.00215. The van der Waals surface area contributed by atoms with Gasteiger partial charge in [-0.25, -0.2) is 4.79 Å². The number of aliphatic hydroxyl groups excluding tert-OH is 1. The van der Waals surface area contributed by atoms with Crippen molar-refractivity contribution in [2.45, 2.75) is 51.4 Å². The second kappa shape index (κ2) is 10.5. The maximum atomic E-state index is 12.3. The molecule has 1 fully saturated rings. The SMILES string of the molecule is C=C(C)C(=O)OC[C@H](CO)C1CCC(c2ccc(CCCF)cc2)CC1. The molecule has 0 bridgehead atoms. The van der Waals surface area contributed by atoms with Crippen LogP contribution in [-0.2, 0) is 16.0 Å². The molecule has 26 heavy (non-hydrogen) atoms. The molecule has 0 amide bonds. The second-order valence-corrected chi connectivity index (χ2v) is 7.47. The number of hydrogen-bond acceptors (Lipinski definition) is 3. The Bertz CT molecular complexity index is 574. The summed E-state index contributed by atoms with van der Waals surface area (Å²) in [6.07, 6.45) is 5.61. The Kier molecular flexibility index (Phi) is 8.30. The van der Waals surface area contributed by atoms with Gasteiger partial charge in [-0.15, -0.1) is 0 Å². The smallest absolute Gasteiger partial charge is 0.333 e. The summed E-state index contributed by atoms with van der Waals surface area (Å²) in [4.78, 5) is 11.6. The van der Waals surface area contributed by atoms with Crippen molar-refractivity contribution >= 4 is 5.97 Å². The zero-order valence-corrected chi connectivity index (χ0v) is 15.8. The van der Waals surface area contributed by atoms with Crippen molar-refractivity contribution < 1.29 is 19.0 Å². The quantitative estimate of drug-likeness (QED) is 0.516. The zero-order valence-electron chi connectivity index (χ0n) is 15.8. The van der Waals surface area contributed by atoms with Gasteiger partial charge in [-0.3, -0.25) is 4.39 Å². The summed E-state index contributed by atoms with van der Waals surface area (Å²) in [5.74, 6) is 0.545. The fraction of sp³-hybridized carbons (Fsp3) is 0.591. The molecule has 0 unspecified atom stereocenters. The summed E-state index contributed by atoms with van der Waals surface area (Å²) in [7, 11) is 0. The number of esters is 1. The molecule has 0 radical (unpaired) electrons. The number of carbonyl (C=O) groups is 1. The Morgan fingerprint density at radius 3 is 2.46 bits per heavy atom. The zero-order chi connectivity index (χ0) is 18.9. The number of rotatable bonds is 9. The largest absolute Gasteiger partial charge is 0.462 e. The van der Waals surface area contributed by atoms with Crippen LogP contribution in [0.2, 0.25) is 0 Å². The molecule has 1 aliphatic carbocycles. The van der Waals surface area contributed by atoms with E-state index in [1.165, 1.54) is 11.1 Å². The van der Waals surface area contributed by atoms with Crippen LogP contribution in [-0.4, -0.2) is 31.0 Å². The number of halogens is 1. The first kappa shape index (κ1) is 20.6. The third-order valence-electron chi connectivity index (χ3n) is 5.50. The topological polar surface area (TPSA) is 46.5 Å². The number of benzene rings is 1. The first-order valence-corrected chi connectivity index (χ1v) is 9.63. The molecule has 1 atom stereocenters. The molecule has 0 aromatic heterocycles. The molecule has 3 nitrogen and oxygen atoms in total. The van der Waals surface area contributed by atoms with Crippen molar-refractivity contribution in [1.29, 1.82) is 0 Å². The van der Waals surface area contributed by atoms with E-state index in [2.05, 4.69) is 30.8 Å². The van der Waals surface area contributed by atoms with Gasteiger partial charge in [0.05, 0.1) is 13.3 Å². The average Bonchev–Trinajstić information content (AvgIpc) is 2.67.